The molecule has 142 valence electrons. The van der Waals surface area contributed by atoms with Gasteiger partial charge in [0.1, 0.15) is 5.82 Å². The lowest BCUT2D eigenvalue weighted by atomic mass is 9.90. The average Bonchev–Trinajstić information content (AvgIpc) is 2.63. The van der Waals surface area contributed by atoms with Gasteiger partial charge in [-0.25, -0.2) is 4.98 Å². The summed E-state index contributed by atoms with van der Waals surface area (Å²) in [5.74, 6) is 0.672. The van der Waals surface area contributed by atoms with Crippen LogP contribution in [0.3, 0.4) is 0 Å². The van der Waals surface area contributed by atoms with E-state index in [-0.39, 0.29) is 23.9 Å². The van der Waals surface area contributed by atoms with Crippen molar-refractivity contribution in [3.8, 4) is 0 Å². The van der Waals surface area contributed by atoms with Crippen molar-refractivity contribution in [1.29, 1.82) is 0 Å². The molecule has 6 heteroatoms. The zero-order chi connectivity index (χ0) is 19.6. The number of nitrogens with zero attached hydrogens (tertiary/aromatic N) is 2. The summed E-state index contributed by atoms with van der Waals surface area (Å²) < 4.78 is 0. The second-order valence-electron chi connectivity index (χ2n) is 7.02. The molecule has 2 atom stereocenters. The highest BCUT2D eigenvalue weighted by molar-refractivity contribution is 5.97. The molecule has 2 N–H and O–H groups in total. The lowest BCUT2D eigenvalue weighted by molar-refractivity contribution is -0.117. The molecule has 0 radical (unpaired) electrons. The Bertz CT molecular complexity index is 848. The number of hydrogen-bond acceptors (Lipinski definition) is 4. The van der Waals surface area contributed by atoms with Crippen molar-refractivity contribution in [2.24, 2.45) is 0 Å². The van der Waals surface area contributed by atoms with Crippen LogP contribution in [0.2, 0.25) is 0 Å². The zero-order valence-electron chi connectivity index (χ0n) is 16.2. The monoisotopic (exact) mass is 366 g/mol. The molecule has 1 aliphatic heterocycles. The van der Waals surface area contributed by atoms with Gasteiger partial charge in [0.15, 0.2) is 0 Å². The van der Waals surface area contributed by atoms with Gasteiger partial charge in [-0.3, -0.25) is 9.59 Å². The van der Waals surface area contributed by atoms with Crippen LogP contribution in [0.5, 0.6) is 0 Å². The molecule has 0 unspecified atom stereocenters. The molecule has 2 amide bonds. The van der Waals surface area contributed by atoms with Gasteiger partial charge in [0.2, 0.25) is 5.91 Å². The van der Waals surface area contributed by atoms with Crippen LogP contribution in [0.25, 0.3) is 0 Å². The predicted molar refractivity (Wildman–Crippen MR) is 107 cm³/mol. The van der Waals surface area contributed by atoms with Crippen molar-refractivity contribution in [1.82, 2.24) is 10.3 Å². The third kappa shape index (κ3) is 3.94. The summed E-state index contributed by atoms with van der Waals surface area (Å²) in [6.45, 7) is 8.08. The number of nitrogens with one attached hydrogen (secondary N) is 2. The number of benzene rings is 1. The van der Waals surface area contributed by atoms with Crippen LogP contribution in [-0.4, -0.2) is 29.4 Å². The van der Waals surface area contributed by atoms with Crippen LogP contribution < -0.4 is 15.5 Å². The first kappa shape index (κ1) is 18.9. The number of fused-ring (bicyclic) bond motifs is 1. The fraction of sp³-hybridized carbons (Fsp3) is 0.381. The Balaban J connectivity index is 2.01. The predicted octanol–water partition coefficient (Wildman–Crippen LogP) is 3.44. The highest BCUT2D eigenvalue weighted by Gasteiger charge is 2.33. The Kier molecular flexibility index (Phi) is 5.44. The van der Waals surface area contributed by atoms with E-state index in [1.54, 1.807) is 17.9 Å². The summed E-state index contributed by atoms with van der Waals surface area (Å²) in [5.41, 5.74) is 3.48. The summed E-state index contributed by atoms with van der Waals surface area (Å²) in [4.78, 5) is 30.7. The number of aryl methyl sites for hydroxylation is 1. The van der Waals surface area contributed by atoms with E-state index in [2.05, 4.69) is 15.6 Å². The SMILES string of the molecule is CCNC(=O)c1ccc2c(c1)[C@H](Nc1ccc(C)cn1)C[C@H](C)N2C(C)=O. The summed E-state index contributed by atoms with van der Waals surface area (Å²) in [7, 11) is 0. The molecule has 2 heterocycles. The van der Waals surface area contributed by atoms with Gasteiger partial charge in [-0.15, -0.1) is 0 Å². The Labute approximate surface area is 160 Å². The molecule has 0 fully saturated rings. The summed E-state index contributed by atoms with van der Waals surface area (Å²) in [6.07, 6.45) is 2.56. The molecular formula is C21H26N4O2. The van der Waals surface area contributed by atoms with E-state index >= 15 is 0 Å². The number of carbonyl (C=O) groups is 2. The zero-order valence-corrected chi connectivity index (χ0v) is 16.2. The number of hydrogen-bond donors (Lipinski definition) is 2. The Morgan fingerprint density at radius 1 is 1.26 bits per heavy atom. The average molecular weight is 366 g/mol. The highest BCUT2D eigenvalue weighted by atomic mass is 16.2. The van der Waals surface area contributed by atoms with E-state index in [4.69, 9.17) is 0 Å². The van der Waals surface area contributed by atoms with Crippen LogP contribution in [-0.2, 0) is 4.79 Å². The third-order valence-electron chi connectivity index (χ3n) is 4.85. The van der Waals surface area contributed by atoms with Crippen LogP contribution in [0, 0.1) is 6.92 Å². The van der Waals surface area contributed by atoms with Crippen LogP contribution in [0.15, 0.2) is 36.5 Å². The Morgan fingerprint density at radius 3 is 2.67 bits per heavy atom. The van der Waals surface area contributed by atoms with Gasteiger partial charge in [-0.1, -0.05) is 6.07 Å². The number of carbonyl (C=O) groups excluding carboxylic acids is 2. The van der Waals surface area contributed by atoms with E-state index < -0.39 is 0 Å². The first-order valence-electron chi connectivity index (χ1n) is 9.31. The van der Waals surface area contributed by atoms with Crippen LogP contribution in [0.1, 0.15) is 54.7 Å². The molecule has 0 aliphatic carbocycles. The van der Waals surface area contributed by atoms with Gasteiger partial charge >= 0.3 is 0 Å². The maximum absolute atomic E-state index is 12.3. The standard InChI is InChI=1S/C21H26N4O2/c1-5-22-21(27)16-7-8-19-17(11-16)18(10-14(3)25(19)15(4)26)24-20-9-6-13(2)12-23-20/h6-9,11-12,14,18H,5,10H2,1-4H3,(H,22,27)(H,23,24)/t14-,18+/m0/s1. The molecular weight excluding hydrogens is 340 g/mol. The summed E-state index contributed by atoms with van der Waals surface area (Å²) in [5, 5.41) is 6.30. The lowest BCUT2D eigenvalue weighted by Crippen LogP contribution is -2.43. The fourth-order valence-electron chi connectivity index (χ4n) is 3.62. The number of aromatic nitrogens is 1. The minimum absolute atomic E-state index is 0.00132. The van der Waals surface area contributed by atoms with E-state index in [1.807, 2.05) is 51.2 Å². The molecule has 0 saturated carbocycles. The molecule has 1 aromatic heterocycles. The lowest BCUT2D eigenvalue weighted by Gasteiger charge is -2.39. The number of anilines is 2. The van der Waals surface area contributed by atoms with Crippen molar-refractivity contribution in [2.75, 3.05) is 16.8 Å². The van der Waals surface area contributed by atoms with Gasteiger partial charge in [0.25, 0.3) is 5.91 Å². The number of rotatable bonds is 4. The minimum Gasteiger partial charge on any atom is -0.363 e. The van der Waals surface area contributed by atoms with Crippen molar-refractivity contribution in [3.63, 3.8) is 0 Å². The highest BCUT2D eigenvalue weighted by Crippen LogP contribution is 2.39. The maximum atomic E-state index is 12.3. The van der Waals surface area contributed by atoms with Gasteiger partial charge in [-0.2, -0.15) is 0 Å². The van der Waals surface area contributed by atoms with E-state index in [0.717, 1.165) is 29.1 Å². The number of amides is 2. The minimum atomic E-state index is -0.111. The molecule has 1 aliphatic rings. The van der Waals surface area contributed by atoms with Gasteiger partial charge < -0.3 is 15.5 Å². The summed E-state index contributed by atoms with van der Waals surface area (Å²) >= 11 is 0. The second-order valence-corrected chi connectivity index (χ2v) is 7.02. The second kappa shape index (κ2) is 7.78. The fourth-order valence-corrected chi connectivity index (χ4v) is 3.62. The largest absolute Gasteiger partial charge is 0.363 e. The van der Waals surface area contributed by atoms with E-state index in [1.165, 1.54) is 0 Å². The third-order valence-corrected chi connectivity index (χ3v) is 4.85. The van der Waals surface area contributed by atoms with Crippen LogP contribution >= 0.6 is 0 Å². The van der Waals surface area contributed by atoms with Crippen molar-refractivity contribution < 1.29 is 9.59 Å². The molecule has 0 saturated heterocycles. The molecule has 2 aromatic rings. The van der Waals surface area contributed by atoms with Crippen LogP contribution in [0.4, 0.5) is 11.5 Å². The number of pyridine rings is 1. The molecule has 1 aromatic carbocycles. The van der Waals surface area contributed by atoms with Crippen molar-refractivity contribution in [3.05, 3.63) is 53.2 Å². The Hall–Kier alpha value is -2.89. The quantitative estimate of drug-likeness (QED) is 0.869. The van der Waals surface area contributed by atoms with Crippen molar-refractivity contribution >= 4 is 23.3 Å². The molecule has 27 heavy (non-hydrogen) atoms. The molecule has 3 rings (SSSR count). The first-order chi connectivity index (χ1) is 12.9. The topological polar surface area (TPSA) is 74.3 Å². The molecule has 0 bridgehead atoms. The maximum Gasteiger partial charge on any atom is 0.251 e. The van der Waals surface area contributed by atoms with E-state index in [0.29, 0.717) is 12.1 Å². The van der Waals surface area contributed by atoms with Gasteiger partial charge in [0.05, 0.1) is 6.04 Å². The first-order valence-corrected chi connectivity index (χ1v) is 9.31. The molecule has 0 spiro atoms. The van der Waals surface area contributed by atoms with Gasteiger partial charge in [-0.05, 0) is 62.6 Å². The van der Waals surface area contributed by atoms with Crippen molar-refractivity contribution in [2.45, 2.75) is 46.2 Å². The summed E-state index contributed by atoms with van der Waals surface area (Å²) in [6, 6.07) is 9.50. The Morgan fingerprint density at radius 2 is 2.04 bits per heavy atom. The smallest absolute Gasteiger partial charge is 0.251 e. The van der Waals surface area contributed by atoms with E-state index in [9.17, 15) is 9.59 Å². The normalized spacial score (nSPS) is 18.6. The molecule has 6 nitrogen and oxygen atoms in total. The van der Waals surface area contributed by atoms with Gasteiger partial charge in [0, 0.05) is 37.0 Å².